The monoisotopic (exact) mass is 416 g/mol. The number of ether oxygens (including phenoxy) is 1. The fourth-order valence-corrected chi connectivity index (χ4v) is 3.87. The number of carbonyl (C=O) groups is 3. The first kappa shape index (κ1) is 20.5. The van der Waals surface area contributed by atoms with Crippen LogP contribution in [0.3, 0.4) is 0 Å². The zero-order chi connectivity index (χ0) is 21.0. The Labute approximate surface area is 168 Å². The molecule has 29 heavy (non-hydrogen) atoms. The highest BCUT2D eigenvalue weighted by atomic mass is 32.2. The molecule has 0 aromatic heterocycles. The molecule has 8 nitrogen and oxygen atoms in total. The van der Waals surface area contributed by atoms with E-state index in [0.29, 0.717) is 6.29 Å². The van der Waals surface area contributed by atoms with E-state index >= 15 is 0 Å². The first-order chi connectivity index (χ1) is 13.8. The number of hydrogen-bond donors (Lipinski definition) is 2. The maximum Gasteiger partial charge on any atom is 0.407 e. The Bertz CT molecular complexity index is 1000. The number of aldehydes is 1. The van der Waals surface area contributed by atoms with Gasteiger partial charge < -0.3 is 14.8 Å². The molecule has 0 fully saturated rings. The molecule has 2 aromatic carbocycles. The van der Waals surface area contributed by atoms with E-state index in [9.17, 15) is 22.8 Å². The first-order valence-corrected chi connectivity index (χ1v) is 10.7. The molecule has 0 unspecified atom stereocenters. The molecule has 0 heterocycles. The average molecular weight is 416 g/mol. The van der Waals surface area contributed by atoms with Gasteiger partial charge in [0.2, 0.25) is 15.9 Å². The highest BCUT2D eigenvalue weighted by Gasteiger charge is 2.29. The second kappa shape index (κ2) is 8.44. The lowest BCUT2D eigenvalue weighted by Crippen LogP contribution is -2.41. The van der Waals surface area contributed by atoms with E-state index < -0.39 is 34.5 Å². The molecule has 152 valence electrons. The van der Waals surface area contributed by atoms with Crippen LogP contribution in [-0.2, 0) is 24.3 Å². The van der Waals surface area contributed by atoms with Crippen molar-refractivity contribution < 1.29 is 27.5 Å². The van der Waals surface area contributed by atoms with Crippen LogP contribution < -0.4 is 10.0 Å². The van der Waals surface area contributed by atoms with Crippen LogP contribution in [0.15, 0.2) is 48.5 Å². The average Bonchev–Trinajstić information content (AvgIpc) is 2.98. The lowest BCUT2D eigenvalue weighted by atomic mass is 9.98. The summed E-state index contributed by atoms with van der Waals surface area (Å²) in [5.41, 5.74) is 4.25. The number of alkyl carbamates (subject to hydrolysis) is 1. The van der Waals surface area contributed by atoms with Crippen molar-refractivity contribution >= 4 is 28.3 Å². The van der Waals surface area contributed by atoms with Crippen molar-refractivity contribution in [3.63, 3.8) is 0 Å². The lowest BCUT2D eigenvalue weighted by molar-refractivity contribution is -0.121. The fourth-order valence-electron chi connectivity index (χ4n) is 3.37. The third-order valence-corrected chi connectivity index (χ3v) is 5.11. The minimum Gasteiger partial charge on any atom is -0.449 e. The maximum atomic E-state index is 12.1. The number of benzene rings is 2. The SMILES string of the molecule is CS(=O)(=O)NC(=O)C[C@@H](C=O)NC(=O)OCC1c2ccccc2-c2ccccc21. The Morgan fingerprint density at radius 3 is 2.14 bits per heavy atom. The van der Waals surface area contributed by atoms with Gasteiger partial charge in [0.05, 0.1) is 18.7 Å². The van der Waals surface area contributed by atoms with Crippen molar-refractivity contribution in [1.29, 1.82) is 0 Å². The van der Waals surface area contributed by atoms with Gasteiger partial charge in [-0.3, -0.25) is 9.52 Å². The van der Waals surface area contributed by atoms with Crippen molar-refractivity contribution in [1.82, 2.24) is 10.0 Å². The van der Waals surface area contributed by atoms with Crippen molar-refractivity contribution in [2.45, 2.75) is 18.4 Å². The van der Waals surface area contributed by atoms with Crippen molar-refractivity contribution in [3.05, 3.63) is 59.7 Å². The Morgan fingerprint density at radius 1 is 1.07 bits per heavy atom. The van der Waals surface area contributed by atoms with E-state index in [1.54, 1.807) is 4.72 Å². The van der Waals surface area contributed by atoms with E-state index in [1.165, 1.54) is 0 Å². The van der Waals surface area contributed by atoms with Gasteiger partial charge in [-0.1, -0.05) is 48.5 Å². The van der Waals surface area contributed by atoms with Gasteiger partial charge in [-0.05, 0) is 22.3 Å². The third kappa shape index (κ3) is 5.00. The number of carbonyl (C=O) groups excluding carboxylic acids is 3. The number of fused-ring (bicyclic) bond motifs is 3. The third-order valence-electron chi connectivity index (χ3n) is 4.52. The minimum absolute atomic E-state index is 0.0565. The van der Waals surface area contributed by atoms with Gasteiger partial charge in [0, 0.05) is 5.92 Å². The smallest absolute Gasteiger partial charge is 0.407 e. The van der Waals surface area contributed by atoms with Crippen LogP contribution in [0.2, 0.25) is 0 Å². The number of rotatable bonds is 7. The molecule has 1 atom stereocenters. The summed E-state index contributed by atoms with van der Waals surface area (Å²) in [6.07, 6.45) is -0.208. The first-order valence-electron chi connectivity index (χ1n) is 8.86. The van der Waals surface area contributed by atoms with Crippen LogP contribution in [0.5, 0.6) is 0 Å². The molecular formula is C20H20N2O6S. The van der Waals surface area contributed by atoms with Gasteiger partial charge >= 0.3 is 6.09 Å². The van der Waals surface area contributed by atoms with Crippen LogP contribution in [0.1, 0.15) is 23.5 Å². The summed E-state index contributed by atoms with van der Waals surface area (Å²) in [4.78, 5) is 34.9. The quantitative estimate of drug-likeness (QED) is 0.661. The molecule has 0 bridgehead atoms. The van der Waals surface area contributed by atoms with Crippen LogP contribution in [0.4, 0.5) is 4.79 Å². The molecule has 0 radical (unpaired) electrons. The molecule has 0 saturated carbocycles. The molecule has 1 aliphatic rings. The lowest BCUT2D eigenvalue weighted by Gasteiger charge is -2.16. The largest absolute Gasteiger partial charge is 0.449 e. The Balaban J connectivity index is 1.62. The molecule has 9 heteroatoms. The highest BCUT2D eigenvalue weighted by Crippen LogP contribution is 2.44. The molecular weight excluding hydrogens is 396 g/mol. The molecule has 0 saturated heterocycles. The summed E-state index contributed by atoms with van der Waals surface area (Å²) in [6.45, 7) is 0.0565. The van der Waals surface area contributed by atoms with Crippen LogP contribution >= 0.6 is 0 Å². The Morgan fingerprint density at radius 2 is 1.62 bits per heavy atom. The molecule has 1 aliphatic carbocycles. The summed E-state index contributed by atoms with van der Waals surface area (Å²) in [5.74, 6) is -1.04. The summed E-state index contributed by atoms with van der Waals surface area (Å²) < 4.78 is 29.1. The van der Waals surface area contributed by atoms with E-state index in [1.807, 2.05) is 48.5 Å². The summed E-state index contributed by atoms with van der Waals surface area (Å²) in [5, 5.41) is 2.27. The molecule has 0 spiro atoms. The summed E-state index contributed by atoms with van der Waals surface area (Å²) >= 11 is 0. The summed E-state index contributed by atoms with van der Waals surface area (Å²) in [7, 11) is -3.74. The molecule has 0 aliphatic heterocycles. The van der Waals surface area contributed by atoms with E-state index in [4.69, 9.17) is 4.74 Å². The molecule has 2 aromatic rings. The highest BCUT2D eigenvalue weighted by molar-refractivity contribution is 7.89. The van der Waals surface area contributed by atoms with Gasteiger partial charge in [0.15, 0.2) is 0 Å². The van der Waals surface area contributed by atoms with E-state index in [-0.39, 0.29) is 12.5 Å². The Hall–Kier alpha value is -3.20. The zero-order valence-electron chi connectivity index (χ0n) is 15.6. The van der Waals surface area contributed by atoms with Crippen LogP contribution in [-0.4, -0.2) is 45.6 Å². The second-order valence-corrected chi connectivity index (χ2v) is 8.46. The summed E-state index contributed by atoms with van der Waals surface area (Å²) in [6, 6.07) is 14.5. The normalized spacial score (nSPS) is 13.7. The fraction of sp³-hybridized carbons (Fsp3) is 0.250. The van der Waals surface area contributed by atoms with E-state index in [0.717, 1.165) is 28.5 Å². The van der Waals surface area contributed by atoms with Crippen LogP contribution in [0.25, 0.3) is 11.1 Å². The zero-order valence-corrected chi connectivity index (χ0v) is 16.4. The van der Waals surface area contributed by atoms with Crippen molar-refractivity contribution in [2.75, 3.05) is 12.9 Å². The minimum atomic E-state index is -3.74. The molecule has 2 amide bonds. The number of hydrogen-bond acceptors (Lipinski definition) is 6. The van der Waals surface area contributed by atoms with Gasteiger partial charge in [0.1, 0.15) is 12.9 Å². The predicted octanol–water partition coefficient (Wildman–Crippen LogP) is 1.56. The van der Waals surface area contributed by atoms with Gasteiger partial charge in [-0.25, -0.2) is 13.2 Å². The number of nitrogens with one attached hydrogen (secondary N) is 2. The van der Waals surface area contributed by atoms with E-state index in [2.05, 4.69) is 5.32 Å². The maximum absolute atomic E-state index is 12.1. The number of sulfonamides is 1. The Kier molecular flexibility index (Phi) is 5.97. The molecule has 2 N–H and O–H groups in total. The van der Waals surface area contributed by atoms with Crippen molar-refractivity contribution in [2.24, 2.45) is 0 Å². The van der Waals surface area contributed by atoms with Crippen molar-refractivity contribution in [3.8, 4) is 11.1 Å². The van der Waals surface area contributed by atoms with Gasteiger partial charge in [-0.15, -0.1) is 0 Å². The molecule has 3 rings (SSSR count). The van der Waals surface area contributed by atoms with Gasteiger partial charge in [0.25, 0.3) is 0 Å². The number of amides is 2. The standard InChI is InChI=1S/C20H20N2O6S/c1-29(26,27)22-19(24)10-13(11-23)21-20(25)28-12-18-16-8-4-2-6-14(16)15-7-3-5-9-17(15)18/h2-9,11,13,18H,10,12H2,1H3,(H,21,25)(H,22,24)/t13-/m0/s1. The van der Waals surface area contributed by atoms with Crippen LogP contribution in [0, 0.1) is 0 Å². The predicted molar refractivity (Wildman–Crippen MR) is 106 cm³/mol. The van der Waals surface area contributed by atoms with Gasteiger partial charge in [-0.2, -0.15) is 0 Å². The second-order valence-electron chi connectivity index (χ2n) is 6.71. The topological polar surface area (TPSA) is 119 Å².